The number of nitrogens with zero attached hydrogens (tertiary/aromatic N) is 2. The summed E-state index contributed by atoms with van der Waals surface area (Å²) in [5.74, 6) is 1.62. The molecule has 0 bridgehead atoms. The van der Waals surface area contributed by atoms with E-state index in [1.54, 1.807) is 6.20 Å². The van der Waals surface area contributed by atoms with Crippen LogP contribution in [0.25, 0.3) is 33.2 Å². The summed E-state index contributed by atoms with van der Waals surface area (Å²) < 4.78 is 0. The first-order chi connectivity index (χ1) is 16.7. The Morgan fingerprint density at radius 3 is 2.47 bits per heavy atom. The lowest BCUT2D eigenvalue weighted by atomic mass is 10.00. The zero-order valence-electron chi connectivity index (χ0n) is 19.0. The van der Waals surface area contributed by atoms with Crippen molar-refractivity contribution in [3.8, 4) is 22.4 Å². The van der Waals surface area contributed by atoms with E-state index in [0.29, 0.717) is 11.9 Å². The number of H-pyrrole nitrogens is 1. The minimum Gasteiger partial charge on any atom is -0.341 e. The van der Waals surface area contributed by atoms with E-state index in [4.69, 9.17) is 0 Å². The number of hydrogen-bond donors (Lipinski definition) is 4. The van der Waals surface area contributed by atoms with Crippen LogP contribution in [0.15, 0.2) is 60.9 Å². The summed E-state index contributed by atoms with van der Waals surface area (Å²) in [6, 6.07) is 17.0. The molecule has 2 aromatic heterocycles. The van der Waals surface area contributed by atoms with Gasteiger partial charge in [0.2, 0.25) is 5.91 Å². The molecule has 6 rings (SSSR count). The number of pyridine rings is 1. The van der Waals surface area contributed by atoms with Gasteiger partial charge >= 0.3 is 0 Å². The number of aromatic nitrogens is 3. The zero-order chi connectivity index (χ0) is 22.9. The molecule has 2 aliphatic heterocycles. The summed E-state index contributed by atoms with van der Waals surface area (Å²) in [7, 11) is 0. The summed E-state index contributed by atoms with van der Waals surface area (Å²) in [6.07, 6.45) is 7.90. The first-order valence-corrected chi connectivity index (χ1v) is 12.1. The molecule has 2 aliphatic rings. The maximum atomic E-state index is 12.5. The molecule has 2 unspecified atom stereocenters. The molecule has 4 N–H and O–H groups in total. The molecule has 4 aromatic rings. The number of imidazole rings is 1. The lowest BCUT2D eigenvalue weighted by Crippen LogP contribution is -2.35. The Bertz CT molecular complexity index is 1320. The second-order valence-corrected chi connectivity index (χ2v) is 9.14. The lowest BCUT2D eigenvalue weighted by molar-refractivity contribution is -0.117. The third kappa shape index (κ3) is 4.08. The van der Waals surface area contributed by atoms with Gasteiger partial charge in [-0.15, -0.1) is 0 Å². The quantitative estimate of drug-likeness (QED) is 0.360. The fourth-order valence-corrected chi connectivity index (χ4v) is 4.99. The number of rotatable bonds is 5. The third-order valence-corrected chi connectivity index (χ3v) is 6.90. The van der Waals surface area contributed by atoms with Crippen molar-refractivity contribution < 1.29 is 4.79 Å². The smallest absolute Gasteiger partial charge is 0.242 e. The summed E-state index contributed by atoms with van der Waals surface area (Å²) in [5, 5.41) is 11.7. The van der Waals surface area contributed by atoms with Gasteiger partial charge in [0, 0.05) is 11.6 Å². The van der Waals surface area contributed by atoms with E-state index in [2.05, 4.69) is 67.3 Å². The number of fused-ring (bicyclic) bond motifs is 1. The number of benzene rings is 2. The first kappa shape index (κ1) is 21.0. The van der Waals surface area contributed by atoms with Gasteiger partial charge in [0.1, 0.15) is 11.6 Å². The van der Waals surface area contributed by atoms with Crippen molar-refractivity contribution in [1.29, 1.82) is 0 Å². The van der Waals surface area contributed by atoms with Gasteiger partial charge in [-0.1, -0.05) is 36.4 Å². The molecular weight excluding hydrogens is 424 g/mol. The second kappa shape index (κ2) is 9.00. The highest BCUT2D eigenvalue weighted by atomic mass is 16.2. The lowest BCUT2D eigenvalue weighted by Gasteiger charge is -2.13. The Morgan fingerprint density at radius 2 is 1.68 bits per heavy atom. The predicted octanol–water partition coefficient (Wildman–Crippen LogP) is 4.41. The molecule has 0 aliphatic carbocycles. The molecule has 4 heterocycles. The third-order valence-electron chi connectivity index (χ3n) is 6.90. The second-order valence-electron chi connectivity index (χ2n) is 9.14. The van der Waals surface area contributed by atoms with Crippen molar-refractivity contribution in [3.63, 3.8) is 0 Å². The average molecular weight is 453 g/mol. The molecule has 2 atom stereocenters. The van der Waals surface area contributed by atoms with Gasteiger partial charge in [0.25, 0.3) is 0 Å². The number of hydrogen-bond acceptors (Lipinski definition) is 5. The average Bonchev–Trinajstić information content (AvgIpc) is 3.66. The van der Waals surface area contributed by atoms with Gasteiger partial charge in [0.15, 0.2) is 0 Å². The van der Waals surface area contributed by atoms with Gasteiger partial charge in [0.05, 0.1) is 24.0 Å². The van der Waals surface area contributed by atoms with Crippen LogP contribution in [0.3, 0.4) is 0 Å². The molecule has 0 radical (unpaired) electrons. The van der Waals surface area contributed by atoms with Crippen LogP contribution in [0.5, 0.6) is 0 Å². The van der Waals surface area contributed by atoms with Crippen molar-refractivity contribution in [2.45, 2.75) is 37.8 Å². The Hall–Kier alpha value is -3.55. The molecule has 7 heteroatoms. The molecule has 0 spiro atoms. The monoisotopic (exact) mass is 452 g/mol. The molecule has 172 valence electrons. The highest BCUT2D eigenvalue weighted by molar-refractivity contribution is 6.03. The van der Waals surface area contributed by atoms with Crippen molar-refractivity contribution in [3.05, 3.63) is 66.7 Å². The van der Waals surface area contributed by atoms with Gasteiger partial charge < -0.3 is 20.9 Å². The number of aromatic amines is 1. The van der Waals surface area contributed by atoms with Crippen LogP contribution in [0.1, 0.15) is 37.5 Å². The minimum absolute atomic E-state index is 0.0113. The largest absolute Gasteiger partial charge is 0.341 e. The highest BCUT2D eigenvalue weighted by Crippen LogP contribution is 2.30. The highest BCUT2D eigenvalue weighted by Gasteiger charge is 2.23. The topological polar surface area (TPSA) is 94.7 Å². The van der Waals surface area contributed by atoms with E-state index in [1.165, 1.54) is 6.42 Å². The molecule has 7 nitrogen and oxygen atoms in total. The molecule has 2 aromatic carbocycles. The minimum atomic E-state index is -0.129. The van der Waals surface area contributed by atoms with Crippen LogP contribution < -0.4 is 16.0 Å². The van der Waals surface area contributed by atoms with E-state index in [-0.39, 0.29) is 11.9 Å². The fraction of sp³-hybridized carbons (Fsp3) is 0.296. The summed E-state index contributed by atoms with van der Waals surface area (Å²) in [4.78, 5) is 25.0. The molecular formula is C27H28N6O. The van der Waals surface area contributed by atoms with Gasteiger partial charge in [-0.05, 0) is 73.0 Å². The summed E-state index contributed by atoms with van der Waals surface area (Å²) in [6.45, 7) is 1.95. The number of carbonyl (C=O) groups excluding carboxylic acids is 1. The van der Waals surface area contributed by atoms with Gasteiger partial charge in [-0.2, -0.15) is 0 Å². The van der Waals surface area contributed by atoms with Crippen LogP contribution in [0.4, 0.5) is 5.82 Å². The molecule has 0 saturated carbocycles. The number of nitrogens with one attached hydrogen (secondary N) is 4. The normalized spacial score (nSPS) is 20.1. The standard InChI is InChI=1S/C27H28N6O/c34-27(23-4-2-13-29-23)33-25-21-10-9-19(15-20(21)11-14-30-25)17-5-7-18(8-6-17)24-16-31-26(32-24)22-3-1-12-28-22/h5-11,14-16,22-23,28-29H,1-4,12-13H2,(H,31,32)(H,30,33,34). The Balaban J connectivity index is 1.22. The van der Waals surface area contributed by atoms with Gasteiger partial charge in [-0.3, -0.25) is 4.79 Å². The zero-order valence-corrected chi connectivity index (χ0v) is 19.0. The van der Waals surface area contributed by atoms with Crippen molar-refractivity contribution in [2.24, 2.45) is 0 Å². The molecule has 2 fully saturated rings. The van der Waals surface area contributed by atoms with Gasteiger partial charge in [-0.25, -0.2) is 9.97 Å². The van der Waals surface area contributed by atoms with E-state index < -0.39 is 0 Å². The molecule has 34 heavy (non-hydrogen) atoms. The number of carbonyl (C=O) groups is 1. The van der Waals surface area contributed by atoms with Crippen LogP contribution in [-0.4, -0.2) is 40.0 Å². The maximum absolute atomic E-state index is 12.5. The molecule has 2 saturated heterocycles. The van der Waals surface area contributed by atoms with E-state index in [0.717, 1.165) is 71.3 Å². The van der Waals surface area contributed by atoms with Crippen LogP contribution in [-0.2, 0) is 4.79 Å². The summed E-state index contributed by atoms with van der Waals surface area (Å²) >= 11 is 0. The number of anilines is 1. The Morgan fingerprint density at radius 1 is 0.882 bits per heavy atom. The SMILES string of the molecule is O=C(Nc1nccc2cc(-c3ccc(-c4cnc(C5CCCN5)[nH]4)cc3)ccc12)C1CCCN1. The molecule has 1 amide bonds. The Labute approximate surface area is 198 Å². The van der Waals surface area contributed by atoms with Crippen molar-refractivity contribution >= 4 is 22.5 Å². The van der Waals surface area contributed by atoms with Crippen molar-refractivity contribution in [2.75, 3.05) is 18.4 Å². The van der Waals surface area contributed by atoms with E-state index >= 15 is 0 Å². The van der Waals surface area contributed by atoms with Crippen LogP contribution >= 0.6 is 0 Å². The van der Waals surface area contributed by atoms with E-state index in [1.807, 2.05) is 18.3 Å². The Kier molecular flexibility index (Phi) is 5.57. The maximum Gasteiger partial charge on any atom is 0.242 e. The van der Waals surface area contributed by atoms with E-state index in [9.17, 15) is 4.79 Å². The van der Waals surface area contributed by atoms with Crippen molar-refractivity contribution in [1.82, 2.24) is 25.6 Å². The summed E-state index contributed by atoms with van der Waals surface area (Å²) in [5.41, 5.74) is 4.42. The van der Waals surface area contributed by atoms with Crippen LogP contribution in [0, 0.1) is 0 Å². The first-order valence-electron chi connectivity index (χ1n) is 12.1. The fourth-order valence-electron chi connectivity index (χ4n) is 4.99. The number of amides is 1. The predicted molar refractivity (Wildman–Crippen MR) is 134 cm³/mol. The van der Waals surface area contributed by atoms with Crippen LogP contribution in [0.2, 0.25) is 0 Å².